The molecule has 3 aliphatic carbocycles. The maximum Gasteiger partial charge on any atom is 0.264 e. The van der Waals surface area contributed by atoms with Gasteiger partial charge in [-0.3, -0.25) is 14.4 Å². The third kappa shape index (κ3) is 14.8. The third-order valence-corrected chi connectivity index (χ3v) is 25.5. The van der Waals surface area contributed by atoms with Gasteiger partial charge >= 0.3 is 0 Å². The van der Waals surface area contributed by atoms with Gasteiger partial charge in [0.25, 0.3) is 11.8 Å². The van der Waals surface area contributed by atoms with Crippen LogP contribution in [-0.2, 0) is 65.1 Å². The zero-order chi connectivity index (χ0) is 65.3. The number of Topliss-reactive ketones (excluding diaryl/α,β-unsaturated/α-hetero) is 1. The first-order chi connectivity index (χ1) is 43.9. The average Bonchev–Trinajstić information content (AvgIpc) is 1.13. The molecule has 4 heterocycles. The molecule has 2 fully saturated rings. The number of ketones is 1. The minimum absolute atomic E-state index is 0.00832. The molecule has 21 heteroatoms. The first-order valence-electron chi connectivity index (χ1n) is 33.0. The van der Waals surface area contributed by atoms with Gasteiger partial charge in [-0.15, -0.1) is 0 Å². The number of anilines is 2. The lowest BCUT2D eigenvalue weighted by Gasteiger charge is -2.50. The highest BCUT2D eigenvalue weighted by Gasteiger charge is 2.51. The number of nitrogens with zero attached hydrogens (tertiary/aromatic N) is 2. The van der Waals surface area contributed by atoms with E-state index in [9.17, 15) is 36.3 Å². The molecule has 4 aliphatic heterocycles. The molecule has 1 unspecified atom stereocenters. The highest BCUT2D eigenvalue weighted by Crippen LogP contribution is 2.52. The number of hydrogen-bond acceptors (Lipinski definition) is 15. The maximum atomic E-state index is 15.0. The van der Waals surface area contributed by atoms with Gasteiger partial charge in [-0.05, 0) is 210 Å². The summed E-state index contributed by atoms with van der Waals surface area (Å²) in [6.45, 7) is 10.9. The van der Waals surface area contributed by atoms with E-state index in [-0.39, 0.29) is 91.9 Å². The first kappa shape index (κ1) is 67.9. The number of aliphatic hydroxyl groups is 1. The van der Waals surface area contributed by atoms with Gasteiger partial charge in [-0.2, -0.15) is 0 Å². The van der Waals surface area contributed by atoms with Crippen LogP contribution in [-0.4, -0.2) is 114 Å². The number of halogens is 2. The average molecular weight is 1340 g/mol. The Morgan fingerprint density at radius 3 is 2.03 bits per heavy atom. The van der Waals surface area contributed by atoms with E-state index in [1.54, 1.807) is 64.3 Å². The number of hydrogen-bond donors (Lipinski definition) is 3. The van der Waals surface area contributed by atoms with Crippen molar-refractivity contribution >= 4 is 72.2 Å². The van der Waals surface area contributed by atoms with Crippen molar-refractivity contribution in [2.75, 3.05) is 62.9 Å². The molecule has 12 atom stereocenters. The summed E-state index contributed by atoms with van der Waals surface area (Å²) >= 11 is 13.3. The fourth-order valence-corrected chi connectivity index (χ4v) is 18.1. The lowest BCUT2D eigenvalue weighted by atomic mass is 9.62. The number of nitrogens with one attached hydrogen (secondary N) is 2. The van der Waals surface area contributed by atoms with Gasteiger partial charge < -0.3 is 38.6 Å². The first-order valence-corrected chi connectivity index (χ1v) is 36.8. The Bertz CT molecular complexity index is 3700. The molecular formula is C71H90Cl2N4O13S2. The van der Waals surface area contributed by atoms with E-state index in [0.717, 1.165) is 80.0 Å². The van der Waals surface area contributed by atoms with E-state index in [1.807, 2.05) is 68.5 Å². The predicted octanol–water partition coefficient (Wildman–Crippen LogP) is 12.1. The summed E-state index contributed by atoms with van der Waals surface area (Å²) in [6.07, 6.45) is 15.4. The van der Waals surface area contributed by atoms with Crippen LogP contribution in [0.25, 0.3) is 0 Å². The Labute approximate surface area is 553 Å². The Morgan fingerprint density at radius 2 is 1.34 bits per heavy atom. The van der Waals surface area contributed by atoms with E-state index in [1.165, 1.54) is 0 Å². The molecule has 2 saturated carbocycles. The Morgan fingerprint density at radius 1 is 0.696 bits per heavy atom. The fourth-order valence-electron chi connectivity index (χ4n) is 15.2. The number of ether oxygens (including phenoxy) is 5. The molecule has 498 valence electrons. The molecule has 3 N–H and O–H groups in total. The molecular weight excluding hydrogens is 1250 g/mol. The summed E-state index contributed by atoms with van der Waals surface area (Å²) in [5.41, 5.74) is 3.32. The van der Waals surface area contributed by atoms with Crippen LogP contribution >= 0.6 is 23.2 Å². The second-order valence-electron chi connectivity index (χ2n) is 27.4. The van der Waals surface area contributed by atoms with Crippen LogP contribution in [0.3, 0.4) is 0 Å². The van der Waals surface area contributed by atoms with Crippen molar-refractivity contribution in [1.82, 2.24) is 9.44 Å². The van der Waals surface area contributed by atoms with Crippen molar-refractivity contribution in [3.8, 4) is 11.5 Å². The van der Waals surface area contributed by atoms with Crippen LogP contribution in [0, 0.1) is 41.4 Å². The van der Waals surface area contributed by atoms with Gasteiger partial charge in [0.2, 0.25) is 20.0 Å². The molecule has 92 heavy (non-hydrogen) atoms. The number of rotatable bonds is 10. The molecule has 4 aromatic rings. The SMILES string of the molecule is COCCOC[C@]1(O)/C=C/C[C@H](C)[C@@H](C)S(=O)(=O)NC(=O)c2cc(CO[C@@]3(CC(C)=O)/C=C/C[C@H](C)[C@@H](C)S(=O)(=O)NC(=O)c4ccc5c(c4)N(C[C@H]4CCCc6cc(Cl)ccc6C4O5)C[C@@H]4CC[C@H]43)c3c(c2)N(CCCCc2cc(Cl)ccc2CO3)C[C@@H]2CC[C@H]21. The number of methoxy groups -OCH3 is 1. The molecule has 0 spiro atoms. The van der Waals surface area contributed by atoms with Crippen LogP contribution in [0.2, 0.25) is 10.0 Å². The summed E-state index contributed by atoms with van der Waals surface area (Å²) < 4.78 is 95.4. The number of benzene rings is 4. The molecule has 4 bridgehead atoms. The summed E-state index contributed by atoms with van der Waals surface area (Å²) in [5, 5.41) is 12.0. The van der Waals surface area contributed by atoms with Crippen LogP contribution < -0.4 is 28.7 Å². The molecule has 7 aliphatic rings. The van der Waals surface area contributed by atoms with Crippen molar-refractivity contribution in [3.05, 3.63) is 140 Å². The van der Waals surface area contributed by atoms with Gasteiger partial charge in [0, 0.05) is 72.4 Å². The minimum Gasteiger partial charge on any atom is -0.486 e. The van der Waals surface area contributed by atoms with Crippen molar-refractivity contribution in [2.45, 2.75) is 159 Å². The second kappa shape index (κ2) is 28.4. The number of carbonyl (C=O) groups excluding carboxylic acids is 3. The van der Waals surface area contributed by atoms with Crippen LogP contribution in [0.5, 0.6) is 11.5 Å². The number of carbonyl (C=O) groups is 3. The van der Waals surface area contributed by atoms with E-state index < -0.39 is 65.4 Å². The van der Waals surface area contributed by atoms with Gasteiger partial charge in [0.1, 0.15) is 35.6 Å². The van der Waals surface area contributed by atoms with E-state index >= 15 is 0 Å². The number of fused-ring (bicyclic) bond motifs is 8. The summed E-state index contributed by atoms with van der Waals surface area (Å²) in [6, 6.07) is 20.2. The topological polar surface area (TPSA) is 216 Å². The zero-order valence-corrected chi connectivity index (χ0v) is 56.9. The minimum atomic E-state index is -4.30. The zero-order valence-electron chi connectivity index (χ0n) is 53.8. The van der Waals surface area contributed by atoms with Crippen molar-refractivity contribution < 1.29 is 60.0 Å². The number of sulfonamides is 2. The van der Waals surface area contributed by atoms with Crippen molar-refractivity contribution in [1.29, 1.82) is 0 Å². The lowest BCUT2D eigenvalue weighted by Crippen LogP contribution is -2.52. The number of amides is 2. The molecule has 0 aromatic heterocycles. The number of allylic oxidation sites excluding steroid dienone is 2. The fraction of sp³-hybridized carbons (Fsp3) is 0.563. The summed E-state index contributed by atoms with van der Waals surface area (Å²) in [7, 11) is -6.94. The van der Waals surface area contributed by atoms with Gasteiger partial charge in [0.15, 0.2) is 0 Å². The third-order valence-electron chi connectivity index (χ3n) is 21.2. The Balaban J connectivity index is 1.04. The van der Waals surface area contributed by atoms with E-state index in [0.29, 0.717) is 84.1 Å². The monoisotopic (exact) mass is 1340 g/mol. The van der Waals surface area contributed by atoms with Gasteiger partial charge in [-0.25, -0.2) is 26.3 Å². The molecule has 0 radical (unpaired) electrons. The lowest BCUT2D eigenvalue weighted by molar-refractivity contribution is -0.137. The Hall–Kier alpha value is -5.51. The molecule has 2 amide bonds. The van der Waals surface area contributed by atoms with Crippen LogP contribution in [0.1, 0.15) is 160 Å². The van der Waals surface area contributed by atoms with Crippen molar-refractivity contribution in [2.24, 2.45) is 41.4 Å². The smallest absolute Gasteiger partial charge is 0.264 e. The van der Waals surface area contributed by atoms with Crippen LogP contribution in [0.15, 0.2) is 91.0 Å². The maximum absolute atomic E-state index is 15.0. The van der Waals surface area contributed by atoms with Gasteiger partial charge in [-0.1, -0.05) is 73.5 Å². The normalized spacial score (nSPS) is 31.3. The molecule has 0 saturated heterocycles. The van der Waals surface area contributed by atoms with Crippen LogP contribution in [0.4, 0.5) is 11.4 Å². The highest BCUT2D eigenvalue weighted by atomic mass is 35.5. The quantitative estimate of drug-likeness (QED) is 0.0994. The molecule has 11 rings (SSSR count). The number of aryl methyl sites for hydroxylation is 2. The summed E-state index contributed by atoms with van der Waals surface area (Å²) in [4.78, 5) is 47.9. The highest BCUT2D eigenvalue weighted by molar-refractivity contribution is 7.91. The Kier molecular flexibility index (Phi) is 21.0. The van der Waals surface area contributed by atoms with Crippen molar-refractivity contribution in [3.63, 3.8) is 0 Å². The second-order valence-corrected chi connectivity index (χ2v) is 32.3. The van der Waals surface area contributed by atoms with Gasteiger partial charge in [0.05, 0.1) is 53.9 Å². The largest absolute Gasteiger partial charge is 0.486 e. The molecule has 4 aromatic carbocycles. The summed E-state index contributed by atoms with van der Waals surface area (Å²) in [5.74, 6) is -2.34. The standard InChI is InChI=1S/C71H90Cl2N4O13S2/c1-44-12-10-27-70(81,43-87-31-30-86-6)61-24-18-52(61)38-76-29-8-7-14-49-33-58(72)21-17-55(49)41-88-67-57(32-56(36-64(67)76)69(80)75-92(84,85)47(44)4)42-89-71(37-46(3)78)28-11-13-45(2)48(5)91(82,83)74-68(79)51-20-26-65-63(35-51)77(39-53-19-25-62(53)71)40-54-16-9-15-50-34-59(73)22-23-60(50)66(54)90-65/h10-11,17,20-23,26-28,32-36,44-45,47-48,52-54,61-62,66,81H,7-9,12-16,18-19,24-25,29-31,37-43H2,1-6H3,(H,74,79)(H,75,80)/b27-10+,28-11+/t44-,45-,47+,48+,52-,53-,54+,61+,62+,66?,70+,71+/m0/s1. The van der Waals surface area contributed by atoms with E-state index in [4.69, 9.17) is 46.9 Å². The predicted molar refractivity (Wildman–Crippen MR) is 358 cm³/mol. The van der Waals surface area contributed by atoms with E-state index in [2.05, 4.69) is 19.2 Å². The molecule has 17 nitrogen and oxygen atoms in total.